The molecule has 2 N–H and O–H groups in total. The minimum absolute atomic E-state index is 0.0805. The maximum Gasteiger partial charge on any atom is 0.355 e. The fourth-order valence-electron chi connectivity index (χ4n) is 1.70. The normalized spacial score (nSPS) is 15.4. The predicted octanol–water partition coefficient (Wildman–Crippen LogP) is 1.48. The number of nitrogens with zero attached hydrogens (tertiary/aromatic N) is 1. The third-order valence-electron chi connectivity index (χ3n) is 2.92. The average molecular weight is 324 g/mol. The summed E-state index contributed by atoms with van der Waals surface area (Å²) in [4.78, 5) is 34.8. The molecule has 0 fully saturated rings. The number of para-hydroxylation sites is 1. The number of carbonyl (C=O) groups is 3. The molecular formula is C14H14ClN3O4. The summed E-state index contributed by atoms with van der Waals surface area (Å²) in [6.07, 6.45) is -0.679. The molecule has 0 saturated carbocycles. The fourth-order valence-corrected chi connectivity index (χ4v) is 1.88. The number of anilines is 1. The number of halogens is 1. The van der Waals surface area contributed by atoms with E-state index < -0.39 is 18.0 Å². The van der Waals surface area contributed by atoms with Crippen molar-refractivity contribution in [1.29, 1.82) is 0 Å². The molecule has 0 radical (unpaired) electrons. The van der Waals surface area contributed by atoms with Gasteiger partial charge in [0.05, 0.1) is 10.7 Å². The van der Waals surface area contributed by atoms with Crippen molar-refractivity contribution in [3.05, 3.63) is 29.3 Å². The quantitative estimate of drug-likeness (QED) is 0.820. The molecule has 7 nitrogen and oxygen atoms in total. The van der Waals surface area contributed by atoms with E-state index in [0.29, 0.717) is 10.7 Å². The number of esters is 1. The molecule has 116 valence electrons. The lowest BCUT2D eigenvalue weighted by atomic mass is 10.2. The molecule has 2 amide bonds. The van der Waals surface area contributed by atoms with E-state index in [2.05, 4.69) is 15.8 Å². The molecule has 1 heterocycles. The number of nitrogens with one attached hydrogen (secondary N) is 2. The first-order valence-corrected chi connectivity index (χ1v) is 6.97. The van der Waals surface area contributed by atoms with Gasteiger partial charge in [-0.3, -0.25) is 9.59 Å². The van der Waals surface area contributed by atoms with Gasteiger partial charge in [-0.15, -0.1) is 0 Å². The first kappa shape index (κ1) is 16.0. The van der Waals surface area contributed by atoms with Crippen LogP contribution >= 0.6 is 11.6 Å². The van der Waals surface area contributed by atoms with Gasteiger partial charge in [0, 0.05) is 12.8 Å². The van der Waals surface area contributed by atoms with Gasteiger partial charge in [0.1, 0.15) is 5.71 Å². The van der Waals surface area contributed by atoms with E-state index in [9.17, 15) is 14.4 Å². The Hall–Kier alpha value is -2.41. The van der Waals surface area contributed by atoms with Gasteiger partial charge in [-0.25, -0.2) is 10.2 Å². The molecular weight excluding hydrogens is 310 g/mol. The molecule has 0 spiro atoms. The van der Waals surface area contributed by atoms with Crippen molar-refractivity contribution in [3.63, 3.8) is 0 Å². The topological polar surface area (TPSA) is 96.9 Å². The molecule has 1 aliphatic rings. The molecule has 22 heavy (non-hydrogen) atoms. The number of hydrogen-bond acceptors (Lipinski definition) is 5. The Labute approximate surface area is 131 Å². The zero-order chi connectivity index (χ0) is 16.1. The SMILES string of the molecule is C[C@H](OC(=O)C1=NNC(=O)CC1)C(=O)Nc1ccccc1Cl. The number of benzene rings is 1. The van der Waals surface area contributed by atoms with Gasteiger partial charge < -0.3 is 10.1 Å². The van der Waals surface area contributed by atoms with E-state index >= 15 is 0 Å². The Balaban J connectivity index is 1.93. The zero-order valence-electron chi connectivity index (χ0n) is 11.8. The van der Waals surface area contributed by atoms with Gasteiger partial charge in [-0.05, 0) is 19.1 Å². The van der Waals surface area contributed by atoms with Crippen LogP contribution in [-0.4, -0.2) is 29.6 Å². The number of amides is 2. The predicted molar refractivity (Wildman–Crippen MR) is 80.4 cm³/mol. The lowest BCUT2D eigenvalue weighted by Crippen LogP contribution is -2.35. The van der Waals surface area contributed by atoms with Crippen LogP contribution in [0.1, 0.15) is 19.8 Å². The van der Waals surface area contributed by atoms with Gasteiger partial charge in [-0.1, -0.05) is 23.7 Å². The molecule has 0 saturated heterocycles. The number of ether oxygens (including phenoxy) is 1. The molecule has 1 aliphatic heterocycles. The summed E-state index contributed by atoms with van der Waals surface area (Å²) in [6, 6.07) is 6.72. The van der Waals surface area contributed by atoms with Crippen LogP contribution in [-0.2, 0) is 19.1 Å². The molecule has 0 bridgehead atoms. The van der Waals surface area contributed by atoms with E-state index in [1.165, 1.54) is 6.92 Å². The van der Waals surface area contributed by atoms with E-state index in [1.807, 2.05) is 0 Å². The summed E-state index contributed by atoms with van der Waals surface area (Å²) in [7, 11) is 0. The van der Waals surface area contributed by atoms with E-state index in [1.54, 1.807) is 24.3 Å². The second-order valence-corrected chi connectivity index (χ2v) is 5.02. The molecule has 0 aliphatic carbocycles. The summed E-state index contributed by atoms with van der Waals surface area (Å²) in [6.45, 7) is 1.44. The van der Waals surface area contributed by atoms with Gasteiger partial charge in [0.25, 0.3) is 5.91 Å². The van der Waals surface area contributed by atoms with Gasteiger partial charge in [-0.2, -0.15) is 5.10 Å². The molecule has 1 aromatic rings. The highest BCUT2D eigenvalue weighted by atomic mass is 35.5. The minimum Gasteiger partial charge on any atom is -0.448 e. The molecule has 2 rings (SSSR count). The molecule has 1 atom stereocenters. The number of hydrazone groups is 1. The van der Waals surface area contributed by atoms with Gasteiger partial charge >= 0.3 is 5.97 Å². The first-order valence-electron chi connectivity index (χ1n) is 6.59. The van der Waals surface area contributed by atoms with Crippen molar-refractivity contribution in [3.8, 4) is 0 Å². The minimum atomic E-state index is -1.02. The number of rotatable bonds is 4. The Morgan fingerprint density at radius 2 is 2.09 bits per heavy atom. The highest BCUT2D eigenvalue weighted by molar-refractivity contribution is 6.37. The average Bonchev–Trinajstić information content (AvgIpc) is 2.50. The maximum atomic E-state index is 12.0. The van der Waals surface area contributed by atoms with E-state index in [0.717, 1.165) is 0 Å². The lowest BCUT2D eigenvalue weighted by molar-refractivity contribution is -0.146. The third kappa shape index (κ3) is 4.05. The van der Waals surface area contributed by atoms with Crippen LogP contribution in [0.3, 0.4) is 0 Å². The van der Waals surface area contributed by atoms with Crippen LogP contribution < -0.4 is 10.7 Å². The van der Waals surface area contributed by atoms with Gasteiger partial charge in [0.2, 0.25) is 5.91 Å². The number of hydrogen-bond donors (Lipinski definition) is 2. The summed E-state index contributed by atoms with van der Waals surface area (Å²) >= 11 is 5.93. The van der Waals surface area contributed by atoms with Crippen LogP contribution in [0, 0.1) is 0 Å². The molecule has 0 unspecified atom stereocenters. The Kier molecular flexibility index (Phi) is 5.11. The zero-order valence-corrected chi connectivity index (χ0v) is 12.5. The fraction of sp³-hybridized carbons (Fsp3) is 0.286. The smallest absolute Gasteiger partial charge is 0.355 e. The standard InChI is InChI=1S/C14H14ClN3O4/c1-8(13(20)16-10-5-3-2-4-9(10)15)22-14(21)11-6-7-12(19)18-17-11/h2-5,8H,6-7H2,1H3,(H,16,20)(H,18,19)/t8-/m0/s1. The largest absolute Gasteiger partial charge is 0.448 e. The molecule has 0 aromatic heterocycles. The molecule has 8 heteroatoms. The monoisotopic (exact) mass is 323 g/mol. The lowest BCUT2D eigenvalue weighted by Gasteiger charge is -2.16. The van der Waals surface area contributed by atoms with Crippen LogP contribution in [0.4, 0.5) is 5.69 Å². The first-order chi connectivity index (χ1) is 10.5. The summed E-state index contributed by atoms with van der Waals surface area (Å²) in [5.41, 5.74) is 2.70. The van der Waals surface area contributed by atoms with E-state index in [4.69, 9.17) is 16.3 Å². The van der Waals surface area contributed by atoms with Crippen LogP contribution in [0.5, 0.6) is 0 Å². The Morgan fingerprint density at radius 1 is 1.36 bits per heavy atom. The van der Waals surface area contributed by atoms with E-state index in [-0.39, 0.29) is 24.5 Å². The van der Waals surface area contributed by atoms with Crippen LogP contribution in [0.25, 0.3) is 0 Å². The van der Waals surface area contributed by atoms with Gasteiger partial charge in [0.15, 0.2) is 6.10 Å². The Bertz CT molecular complexity index is 645. The maximum absolute atomic E-state index is 12.0. The summed E-state index contributed by atoms with van der Waals surface area (Å²) in [5, 5.41) is 6.56. The van der Waals surface area contributed by atoms with Crippen LogP contribution in [0.15, 0.2) is 29.4 Å². The van der Waals surface area contributed by atoms with Crippen molar-refractivity contribution < 1.29 is 19.1 Å². The molecule has 1 aromatic carbocycles. The van der Waals surface area contributed by atoms with Crippen molar-refractivity contribution in [2.45, 2.75) is 25.9 Å². The highest BCUT2D eigenvalue weighted by Crippen LogP contribution is 2.20. The van der Waals surface area contributed by atoms with Crippen molar-refractivity contribution in [2.24, 2.45) is 5.10 Å². The summed E-state index contributed by atoms with van der Waals surface area (Å²) in [5.74, 6) is -1.51. The highest BCUT2D eigenvalue weighted by Gasteiger charge is 2.24. The summed E-state index contributed by atoms with van der Waals surface area (Å²) < 4.78 is 5.02. The van der Waals surface area contributed by atoms with Crippen molar-refractivity contribution in [2.75, 3.05) is 5.32 Å². The second-order valence-electron chi connectivity index (χ2n) is 4.61. The van der Waals surface area contributed by atoms with Crippen molar-refractivity contribution >= 4 is 40.8 Å². The third-order valence-corrected chi connectivity index (χ3v) is 3.25. The van der Waals surface area contributed by atoms with Crippen LogP contribution in [0.2, 0.25) is 5.02 Å². The van der Waals surface area contributed by atoms with Crippen molar-refractivity contribution in [1.82, 2.24) is 5.43 Å². The Morgan fingerprint density at radius 3 is 2.73 bits per heavy atom. The number of carbonyl (C=O) groups excluding carboxylic acids is 3. The second kappa shape index (κ2) is 7.04.